The highest BCUT2D eigenvalue weighted by molar-refractivity contribution is 5.45. The molecule has 150 valence electrons. The largest absolute Gasteiger partial charge is 0.433 e. The van der Waals surface area contributed by atoms with E-state index in [0.29, 0.717) is 24.7 Å². The van der Waals surface area contributed by atoms with Gasteiger partial charge in [-0.1, -0.05) is 0 Å². The van der Waals surface area contributed by atoms with E-state index in [2.05, 4.69) is 15.0 Å². The fourth-order valence-corrected chi connectivity index (χ4v) is 3.73. The third-order valence-electron chi connectivity index (χ3n) is 5.30. The molecule has 0 spiro atoms. The number of piperidine rings is 1. The van der Waals surface area contributed by atoms with Crippen LogP contribution in [0.25, 0.3) is 0 Å². The Hall–Kier alpha value is -2.65. The van der Waals surface area contributed by atoms with Crippen LogP contribution < -0.4 is 15.4 Å². The molecule has 1 aliphatic heterocycles. The van der Waals surface area contributed by atoms with Crippen LogP contribution >= 0.6 is 0 Å². The number of alkyl halides is 3. The minimum atomic E-state index is -4.49. The van der Waals surface area contributed by atoms with Gasteiger partial charge < -0.3 is 14.4 Å². The first-order chi connectivity index (χ1) is 13.3. The molecule has 10 heteroatoms. The molecule has 7 nitrogen and oxygen atoms in total. The van der Waals surface area contributed by atoms with Crippen LogP contribution in [0.2, 0.25) is 0 Å². The van der Waals surface area contributed by atoms with E-state index in [-0.39, 0.29) is 17.6 Å². The molecule has 2 aromatic heterocycles. The number of rotatable bonds is 4. The fourth-order valence-electron chi connectivity index (χ4n) is 3.73. The van der Waals surface area contributed by atoms with Crippen LogP contribution in [0.5, 0.6) is 0 Å². The minimum absolute atomic E-state index is 0.0762. The molecule has 4 rings (SSSR count). The molecule has 28 heavy (non-hydrogen) atoms. The number of hydrogen-bond donors (Lipinski definition) is 0. The third kappa shape index (κ3) is 3.67. The average molecular weight is 394 g/mol. The predicted molar refractivity (Wildman–Crippen MR) is 97.2 cm³/mol. The molecule has 1 saturated heterocycles. The first kappa shape index (κ1) is 18.7. The van der Waals surface area contributed by atoms with Crippen molar-refractivity contribution in [2.24, 2.45) is 7.05 Å². The summed E-state index contributed by atoms with van der Waals surface area (Å²) in [6, 6.07) is 1.33. The van der Waals surface area contributed by atoms with E-state index in [9.17, 15) is 18.0 Å². The molecular weight excluding hydrogens is 373 g/mol. The predicted octanol–water partition coefficient (Wildman–Crippen LogP) is 2.23. The van der Waals surface area contributed by atoms with Gasteiger partial charge in [-0.25, -0.2) is 15.0 Å². The van der Waals surface area contributed by atoms with E-state index in [1.807, 2.05) is 9.80 Å². The Morgan fingerprint density at radius 3 is 2.39 bits per heavy atom. The van der Waals surface area contributed by atoms with Crippen LogP contribution in [0.15, 0.2) is 29.6 Å². The van der Waals surface area contributed by atoms with Crippen molar-refractivity contribution in [2.75, 3.05) is 22.9 Å². The molecule has 2 fully saturated rings. The summed E-state index contributed by atoms with van der Waals surface area (Å²) in [6.45, 7) is 1.24. The van der Waals surface area contributed by atoms with Crippen molar-refractivity contribution in [3.05, 3.63) is 40.8 Å². The third-order valence-corrected chi connectivity index (χ3v) is 5.30. The molecule has 0 amide bonds. The van der Waals surface area contributed by atoms with Crippen molar-refractivity contribution in [3.63, 3.8) is 0 Å². The molecule has 0 bridgehead atoms. The van der Waals surface area contributed by atoms with Crippen molar-refractivity contribution in [1.82, 2.24) is 19.5 Å². The quantitative estimate of drug-likeness (QED) is 0.792. The first-order valence-electron chi connectivity index (χ1n) is 9.29. The molecule has 0 N–H and O–H groups in total. The summed E-state index contributed by atoms with van der Waals surface area (Å²) in [4.78, 5) is 28.0. The second-order valence-corrected chi connectivity index (χ2v) is 7.28. The van der Waals surface area contributed by atoms with Gasteiger partial charge in [-0.2, -0.15) is 13.2 Å². The molecular formula is C18H21F3N6O. The summed E-state index contributed by atoms with van der Waals surface area (Å²) in [6.07, 6.45) is 3.05. The minimum Gasteiger partial charge on any atom is -0.352 e. The van der Waals surface area contributed by atoms with Crippen molar-refractivity contribution < 1.29 is 13.2 Å². The molecule has 0 atom stereocenters. The van der Waals surface area contributed by atoms with Crippen LogP contribution in [-0.2, 0) is 13.2 Å². The number of anilines is 2. The molecule has 0 radical (unpaired) electrons. The van der Waals surface area contributed by atoms with E-state index < -0.39 is 11.9 Å². The lowest BCUT2D eigenvalue weighted by atomic mass is 10.0. The summed E-state index contributed by atoms with van der Waals surface area (Å²) in [5, 5.41) is 0. The Kier molecular flexibility index (Phi) is 4.72. The SMILES string of the molecule is Cn1ccnc(N2CCC(N(c3cc(C(F)(F)F)ncn3)C3CC3)CC2)c1=O. The van der Waals surface area contributed by atoms with Gasteiger partial charge in [-0.3, -0.25) is 4.79 Å². The van der Waals surface area contributed by atoms with Crippen molar-refractivity contribution in [3.8, 4) is 0 Å². The Morgan fingerprint density at radius 1 is 1.07 bits per heavy atom. The van der Waals surface area contributed by atoms with Crippen LogP contribution in [0.1, 0.15) is 31.4 Å². The maximum absolute atomic E-state index is 13.0. The smallest absolute Gasteiger partial charge is 0.352 e. The lowest BCUT2D eigenvalue weighted by Gasteiger charge is -2.39. The summed E-state index contributed by atoms with van der Waals surface area (Å²) in [5.74, 6) is 0.750. The number of nitrogens with zero attached hydrogens (tertiary/aromatic N) is 6. The van der Waals surface area contributed by atoms with Gasteiger partial charge in [-0.15, -0.1) is 0 Å². The molecule has 2 aliphatic rings. The summed E-state index contributed by atoms with van der Waals surface area (Å²) in [7, 11) is 1.68. The number of halogens is 3. The van der Waals surface area contributed by atoms with Crippen molar-refractivity contribution in [2.45, 2.75) is 43.9 Å². The second-order valence-electron chi connectivity index (χ2n) is 7.28. The van der Waals surface area contributed by atoms with Crippen LogP contribution in [0.3, 0.4) is 0 Å². The van der Waals surface area contributed by atoms with Gasteiger partial charge in [0.05, 0.1) is 0 Å². The maximum atomic E-state index is 13.0. The maximum Gasteiger partial charge on any atom is 0.433 e. The van der Waals surface area contributed by atoms with Gasteiger partial charge in [0, 0.05) is 50.7 Å². The lowest BCUT2D eigenvalue weighted by molar-refractivity contribution is -0.141. The normalized spacial score (nSPS) is 18.4. The Morgan fingerprint density at radius 2 is 1.75 bits per heavy atom. The van der Waals surface area contributed by atoms with E-state index in [0.717, 1.165) is 38.1 Å². The highest BCUT2D eigenvalue weighted by Crippen LogP contribution is 2.37. The Balaban J connectivity index is 1.52. The van der Waals surface area contributed by atoms with Gasteiger partial charge in [0.15, 0.2) is 5.82 Å². The highest BCUT2D eigenvalue weighted by Gasteiger charge is 2.39. The van der Waals surface area contributed by atoms with E-state index in [4.69, 9.17) is 0 Å². The molecule has 2 aromatic rings. The molecule has 1 saturated carbocycles. The topological polar surface area (TPSA) is 67.2 Å². The van der Waals surface area contributed by atoms with Gasteiger partial charge in [0.25, 0.3) is 5.56 Å². The molecule has 1 aliphatic carbocycles. The van der Waals surface area contributed by atoms with Gasteiger partial charge in [-0.05, 0) is 25.7 Å². The van der Waals surface area contributed by atoms with Crippen molar-refractivity contribution in [1.29, 1.82) is 0 Å². The average Bonchev–Trinajstić information content (AvgIpc) is 3.50. The molecule has 0 aromatic carbocycles. The number of aryl methyl sites for hydroxylation is 1. The summed E-state index contributed by atoms with van der Waals surface area (Å²) >= 11 is 0. The zero-order valence-electron chi connectivity index (χ0n) is 15.4. The van der Waals surface area contributed by atoms with E-state index >= 15 is 0 Å². The second kappa shape index (κ2) is 7.06. The first-order valence-corrected chi connectivity index (χ1v) is 9.29. The summed E-state index contributed by atoms with van der Waals surface area (Å²) < 4.78 is 40.6. The lowest BCUT2D eigenvalue weighted by Crippen LogP contribution is -2.48. The van der Waals surface area contributed by atoms with E-state index in [1.165, 1.54) is 4.57 Å². The summed E-state index contributed by atoms with van der Waals surface area (Å²) in [5.41, 5.74) is -1.07. The fraction of sp³-hybridized carbons (Fsp3) is 0.556. The van der Waals surface area contributed by atoms with Crippen LogP contribution in [0, 0.1) is 0 Å². The Bertz CT molecular complexity index is 903. The van der Waals surface area contributed by atoms with Crippen molar-refractivity contribution >= 4 is 11.6 Å². The van der Waals surface area contributed by atoms with E-state index in [1.54, 1.807) is 19.4 Å². The van der Waals surface area contributed by atoms with Crippen LogP contribution in [-0.4, -0.2) is 44.7 Å². The zero-order valence-corrected chi connectivity index (χ0v) is 15.4. The Labute approximate surface area is 159 Å². The highest BCUT2D eigenvalue weighted by atomic mass is 19.4. The standard InChI is InChI=1S/C18H21F3N6O/c1-25-9-6-22-16(17(25)28)26-7-4-13(5-8-26)27(12-2-3-12)15-10-14(18(19,20)21)23-11-24-15/h6,9-13H,2-5,7-8H2,1H3. The van der Waals surface area contributed by atoms with Crippen LogP contribution in [0.4, 0.5) is 24.8 Å². The zero-order chi connectivity index (χ0) is 19.9. The molecule has 3 heterocycles. The monoisotopic (exact) mass is 394 g/mol. The molecule has 0 unspecified atom stereocenters. The van der Waals surface area contributed by atoms with Gasteiger partial charge in [0.2, 0.25) is 0 Å². The van der Waals surface area contributed by atoms with Gasteiger partial charge in [0.1, 0.15) is 17.8 Å². The number of hydrogen-bond acceptors (Lipinski definition) is 6. The van der Waals surface area contributed by atoms with Gasteiger partial charge >= 0.3 is 6.18 Å². The number of aromatic nitrogens is 4.